The summed E-state index contributed by atoms with van der Waals surface area (Å²) in [5.41, 5.74) is 13.1. The van der Waals surface area contributed by atoms with Crippen molar-refractivity contribution in [3.05, 3.63) is 181 Å². The Bertz CT molecular complexity index is 1820. The number of benzene rings is 2. The van der Waals surface area contributed by atoms with Crippen LogP contribution in [0.5, 0.6) is 0 Å². The molecule has 0 bridgehead atoms. The fraction of sp³-hybridized carbons (Fsp3) is 0.260. The summed E-state index contributed by atoms with van der Waals surface area (Å²) in [7, 11) is 0. The largest absolute Gasteiger partial charge is 0.254 e. The van der Waals surface area contributed by atoms with E-state index < -0.39 is 0 Å². The lowest BCUT2D eigenvalue weighted by Crippen LogP contribution is -2.03. The van der Waals surface area contributed by atoms with Gasteiger partial charge in [0.25, 0.3) is 0 Å². The summed E-state index contributed by atoms with van der Waals surface area (Å²) in [6.07, 6.45) is 19.6. The number of nitrogens with zero attached hydrogens (tertiary/aromatic N) is 3. The fourth-order valence-corrected chi connectivity index (χ4v) is 4.45. The predicted octanol–water partition coefficient (Wildman–Crippen LogP) is 15.3. The number of hydrogen-bond acceptors (Lipinski definition) is 3. The Morgan fingerprint density at radius 2 is 1.32 bits per heavy atom. The van der Waals surface area contributed by atoms with E-state index in [-0.39, 0.29) is 0 Å². The molecule has 1 heterocycles. The van der Waals surface area contributed by atoms with Gasteiger partial charge in [0.2, 0.25) is 0 Å². The monoisotopic (exact) mass is 708 g/mol. The first-order valence-corrected chi connectivity index (χ1v) is 18.6. The van der Waals surface area contributed by atoms with Gasteiger partial charge in [0.15, 0.2) is 5.82 Å². The van der Waals surface area contributed by atoms with Gasteiger partial charge < -0.3 is 0 Å². The van der Waals surface area contributed by atoms with Crippen LogP contribution in [0.2, 0.25) is 0 Å². The van der Waals surface area contributed by atoms with Crippen molar-refractivity contribution in [3.63, 3.8) is 0 Å². The van der Waals surface area contributed by atoms with Crippen molar-refractivity contribution in [1.29, 1.82) is 0 Å². The van der Waals surface area contributed by atoms with Crippen LogP contribution in [0, 0.1) is 6.92 Å². The minimum Gasteiger partial charge on any atom is -0.254 e. The van der Waals surface area contributed by atoms with Gasteiger partial charge in [0.1, 0.15) is 0 Å². The Morgan fingerprint density at radius 3 is 1.83 bits per heavy atom. The van der Waals surface area contributed by atoms with Gasteiger partial charge in [-0.3, -0.25) is 4.99 Å². The summed E-state index contributed by atoms with van der Waals surface area (Å²) < 4.78 is 0. The molecular formula is C50H65N3. The van der Waals surface area contributed by atoms with Crippen molar-refractivity contribution in [2.75, 3.05) is 0 Å². The van der Waals surface area contributed by atoms with Crippen LogP contribution in [0.3, 0.4) is 0 Å². The number of aromatic nitrogens is 2. The lowest BCUT2D eigenvalue weighted by molar-refractivity contribution is 1.09. The van der Waals surface area contributed by atoms with Gasteiger partial charge in [-0.1, -0.05) is 194 Å². The molecule has 1 aromatic heterocycles. The molecule has 3 nitrogen and oxygen atoms in total. The highest BCUT2D eigenvalue weighted by Gasteiger charge is 2.16. The summed E-state index contributed by atoms with van der Waals surface area (Å²) in [5, 5.41) is 0. The van der Waals surface area contributed by atoms with Crippen LogP contribution in [0.15, 0.2) is 170 Å². The minimum atomic E-state index is 0.716. The molecular weight excluding hydrogens is 643 g/mol. The summed E-state index contributed by atoms with van der Waals surface area (Å²) in [4.78, 5) is 14.4. The molecule has 3 rings (SSSR count). The van der Waals surface area contributed by atoms with Gasteiger partial charge in [-0.2, -0.15) is 0 Å². The summed E-state index contributed by atoms with van der Waals surface area (Å²) in [6.45, 7) is 42.0. The van der Waals surface area contributed by atoms with E-state index in [4.69, 9.17) is 9.97 Å². The van der Waals surface area contributed by atoms with Gasteiger partial charge in [-0.25, -0.2) is 9.97 Å². The van der Waals surface area contributed by atoms with E-state index in [0.29, 0.717) is 5.82 Å². The maximum absolute atomic E-state index is 5.00. The summed E-state index contributed by atoms with van der Waals surface area (Å²) in [5.74, 6) is 0.716. The molecule has 0 saturated heterocycles. The Morgan fingerprint density at radius 1 is 0.736 bits per heavy atom. The van der Waals surface area contributed by atoms with E-state index in [2.05, 4.69) is 128 Å². The highest BCUT2D eigenvalue weighted by molar-refractivity contribution is 6.00. The Balaban J connectivity index is 0.00000101. The smallest absolute Gasteiger partial charge is 0.160 e. The first kappa shape index (κ1) is 47.6. The van der Waals surface area contributed by atoms with Gasteiger partial charge in [-0.05, 0) is 70.2 Å². The van der Waals surface area contributed by atoms with Crippen molar-refractivity contribution >= 4 is 16.9 Å². The van der Waals surface area contributed by atoms with E-state index >= 15 is 0 Å². The van der Waals surface area contributed by atoms with E-state index in [9.17, 15) is 0 Å². The van der Waals surface area contributed by atoms with Crippen LogP contribution < -0.4 is 0 Å². The van der Waals surface area contributed by atoms with Gasteiger partial charge in [0, 0.05) is 22.4 Å². The van der Waals surface area contributed by atoms with Gasteiger partial charge >= 0.3 is 0 Å². The second-order valence-corrected chi connectivity index (χ2v) is 12.3. The van der Waals surface area contributed by atoms with E-state index in [1.54, 1.807) is 12.2 Å². The standard InChI is InChI=1S/C28H28N2.C17H23N.C3H8.C2H6/c1-7-8-14-25(20(4)5)27-21(6)26(23-12-10-9-11-13-23)29-28(30-27)24-17-15-22(16-18-24)19(2)3;1-7-9-11-13-15(4)17(6)18-16(5)14(3)12-10-8-2;1-3-2;1-2/h7-18H,1-2H2,3-6H3;7,9-13H,1,3,6,8H2,2,4-5H3;3H2,1-2H3;1-2H3/b14-8-;11-9-,12-10-,15-13+,18-16?;;. The zero-order chi connectivity index (χ0) is 40.3. The van der Waals surface area contributed by atoms with Gasteiger partial charge in [-0.15, -0.1) is 0 Å². The van der Waals surface area contributed by atoms with Gasteiger partial charge in [0.05, 0.1) is 17.1 Å². The molecule has 0 spiro atoms. The minimum absolute atomic E-state index is 0.716. The maximum Gasteiger partial charge on any atom is 0.160 e. The maximum atomic E-state index is 5.00. The SMILES string of the molecule is C=C/C=C\C(=C(C)C)c1nc(-c2ccc(C(=C)C)cc2)nc(-c2ccccc2)c1C.C=C/C=C\C=C(/C)C(=C)N=C(C)C(=C)/C=C\CC.CC.CCC. The van der Waals surface area contributed by atoms with E-state index in [1.165, 1.54) is 12.0 Å². The second kappa shape index (κ2) is 27.3. The normalized spacial score (nSPS) is 11.1. The Kier molecular flexibility index (Phi) is 24.5. The van der Waals surface area contributed by atoms with Crippen molar-refractivity contribution in [3.8, 4) is 22.6 Å². The predicted molar refractivity (Wildman–Crippen MR) is 241 cm³/mol. The molecule has 0 aliphatic rings. The molecule has 0 N–H and O–H groups in total. The third kappa shape index (κ3) is 17.1. The van der Waals surface area contributed by atoms with Crippen LogP contribution in [0.1, 0.15) is 98.9 Å². The molecule has 0 atom stereocenters. The first-order valence-electron chi connectivity index (χ1n) is 18.6. The van der Waals surface area contributed by atoms with Crippen molar-refractivity contribution in [2.24, 2.45) is 4.99 Å². The van der Waals surface area contributed by atoms with E-state index in [0.717, 1.165) is 73.8 Å². The topological polar surface area (TPSA) is 38.1 Å². The lowest BCUT2D eigenvalue weighted by Gasteiger charge is -2.15. The van der Waals surface area contributed by atoms with Crippen LogP contribution >= 0.6 is 0 Å². The molecule has 0 aliphatic carbocycles. The molecule has 3 aromatic rings. The summed E-state index contributed by atoms with van der Waals surface area (Å²) >= 11 is 0. The molecule has 0 aliphatic heterocycles. The highest BCUT2D eigenvalue weighted by atomic mass is 14.9. The van der Waals surface area contributed by atoms with Crippen LogP contribution in [0.25, 0.3) is 33.8 Å². The molecule has 3 heteroatoms. The quantitative estimate of drug-likeness (QED) is 0.131. The average Bonchev–Trinajstić information content (AvgIpc) is 3.16. The zero-order valence-electron chi connectivity index (χ0n) is 34.7. The highest BCUT2D eigenvalue weighted by Crippen LogP contribution is 2.32. The Hall–Kier alpha value is -5.41. The van der Waals surface area contributed by atoms with Crippen molar-refractivity contribution < 1.29 is 0 Å². The molecule has 53 heavy (non-hydrogen) atoms. The first-order chi connectivity index (χ1) is 25.4. The van der Waals surface area contributed by atoms with Crippen molar-refractivity contribution in [2.45, 2.75) is 89.0 Å². The van der Waals surface area contributed by atoms with E-state index in [1.807, 2.05) is 83.2 Å². The fourth-order valence-electron chi connectivity index (χ4n) is 4.45. The second-order valence-electron chi connectivity index (χ2n) is 12.3. The average molecular weight is 708 g/mol. The summed E-state index contributed by atoms with van der Waals surface area (Å²) in [6, 6.07) is 18.6. The zero-order valence-corrected chi connectivity index (χ0v) is 34.7. The molecule has 0 saturated carbocycles. The van der Waals surface area contributed by atoms with Crippen LogP contribution in [-0.4, -0.2) is 15.7 Å². The van der Waals surface area contributed by atoms with Crippen molar-refractivity contribution in [1.82, 2.24) is 9.97 Å². The lowest BCUT2D eigenvalue weighted by atomic mass is 9.97. The molecule has 0 amide bonds. The Labute approximate surface area is 323 Å². The third-order valence-electron chi connectivity index (χ3n) is 7.39. The number of aliphatic imine (C=N–C) groups is 1. The number of hydrogen-bond donors (Lipinski definition) is 0. The number of rotatable bonds is 13. The molecule has 280 valence electrons. The molecule has 2 aromatic carbocycles. The molecule has 0 unspecified atom stereocenters. The number of allylic oxidation sites excluding steroid dienone is 14. The van der Waals surface area contributed by atoms with Crippen LogP contribution in [0.4, 0.5) is 0 Å². The third-order valence-corrected chi connectivity index (χ3v) is 7.39. The molecule has 0 radical (unpaired) electrons. The van der Waals surface area contributed by atoms with Crippen LogP contribution in [-0.2, 0) is 0 Å². The molecule has 0 fully saturated rings.